The largest absolute Gasteiger partial charge is 0.342 e. The Kier molecular flexibility index (Phi) is 6.66. The van der Waals surface area contributed by atoms with E-state index in [2.05, 4.69) is 19.2 Å². The Morgan fingerprint density at radius 3 is 2.25 bits per heavy atom. The van der Waals surface area contributed by atoms with Gasteiger partial charge >= 0.3 is 0 Å². The van der Waals surface area contributed by atoms with Crippen LogP contribution in [0.5, 0.6) is 0 Å². The van der Waals surface area contributed by atoms with E-state index in [1.165, 1.54) is 0 Å². The van der Waals surface area contributed by atoms with Crippen LogP contribution in [0.3, 0.4) is 0 Å². The summed E-state index contributed by atoms with van der Waals surface area (Å²) in [5, 5.41) is 3.48. The van der Waals surface area contributed by atoms with Crippen LogP contribution in [0.2, 0.25) is 0 Å². The summed E-state index contributed by atoms with van der Waals surface area (Å²) in [6, 6.07) is -0.0146. The van der Waals surface area contributed by atoms with Gasteiger partial charge in [0.1, 0.15) is 5.78 Å². The van der Waals surface area contributed by atoms with E-state index in [1.807, 2.05) is 18.7 Å². The van der Waals surface area contributed by atoms with Gasteiger partial charge in [-0.1, -0.05) is 20.3 Å². The van der Waals surface area contributed by atoms with Crippen LogP contribution in [0.4, 0.5) is 0 Å². The molecule has 0 saturated heterocycles. The van der Waals surface area contributed by atoms with Crippen LogP contribution >= 0.6 is 0 Å². The third kappa shape index (κ3) is 4.05. The number of carbonyl (C=O) groups excluding carboxylic acids is 2. The number of hydrogen-bond acceptors (Lipinski definition) is 3. The molecule has 0 heterocycles. The summed E-state index contributed by atoms with van der Waals surface area (Å²) in [6.07, 6.45) is 3.03. The molecule has 1 amide bonds. The number of hydrogen-bond donors (Lipinski definition) is 1. The summed E-state index contributed by atoms with van der Waals surface area (Å²) in [7, 11) is 0. The Morgan fingerprint density at radius 2 is 1.80 bits per heavy atom. The second-order valence-corrected chi connectivity index (χ2v) is 6.15. The van der Waals surface area contributed by atoms with Gasteiger partial charge in [0.2, 0.25) is 5.91 Å². The van der Waals surface area contributed by atoms with E-state index in [1.54, 1.807) is 6.92 Å². The van der Waals surface area contributed by atoms with E-state index in [-0.39, 0.29) is 35.6 Å². The Bertz CT molecular complexity index is 337. The molecule has 1 fully saturated rings. The molecule has 4 heteroatoms. The van der Waals surface area contributed by atoms with E-state index in [4.69, 9.17) is 0 Å². The minimum absolute atomic E-state index is 0.0840. The molecule has 0 spiro atoms. The molecule has 0 bridgehead atoms. The van der Waals surface area contributed by atoms with Crippen molar-refractivity contribution in [1.29, 1.82) is 0 Å². The maximum absolute atomic E-state index is 12.6. The average molecular weight is 282 g/mol. The van der Waals surface area contributed by atoms with Gasteiger partial charge in [-0.3, -0.25) is 9.59 Å². The third-order valence-corrected chi connectivity index (χ3v) is 4.44. The number of ketones is 1. The SMILES string of the molecule is CCN(CC)C(=O)[C@@H](NC1CCCC1C(C)=O)C(C)C. The summed E-state index contributed by atoms with van der Waals surface area (Å²) >= 11 is 0. The number of amides is 1. The molecule has 0 aromatic rings. The van der Waals surface area contributed by atoms with Gasteiger partial charge in [0.05, 0.1) is 6.04 Å². The van der Waals surface area contributed by atoms with Crippen LogP contribution in [0.1, 0.15) is 53.9 Å². The summed E-state index contributed by atoms with van der Waals surface area (Å²) in [5.74, 6) is 0.731. The fourth-order valence-corrected chi connectivity index (χ4v) is 3.16. The topological polar surface area (TPSA) is 49.4 Å². The maximum atomic E-state index is 12.6. The number of likely N-dealkylation sites (N-methyl/N-ethyl adjacent to an activating group) is 1. The predicted octanol–water partition coefficient (Wildman–Crippen LogP) is 2.23. The van der Waals surface area contributed by atoms with Crippen LogP contribution in [0.25, 0.3) is 0 Å². The Labute approximate surface area is 123 Å². The van der Waals surface area contributed by atoms with Crippen LogP contribution in [0, 0.1) is 11.8 Å². The minimum Gasteiger partial charge on any atom is -0.342 e. The van der Waals surface area contributed by atoms with Crippen LogP contribution in [-0.4, -0.2) is 41.8 Å². The molecule has 1 aliphatic carbocycles. The van der Waals surface area contributed by atoms with E-state index in [0.717, 1.165) is 32.4 Å². The van der Waals surface area contributed by atoms with Crippen LogP contribution in [0.15, 0.2) is 0 Å². The highest BCUT2D eigenvalue weighted by atomic mass is 16.2. The summed E-state index contributed by atoms with van der Waals surface area (Å²) in [4.78, 5) is 26.1. The summed E-state index contributed by atoms with van der Waals surface area (Å²) in [6.45, 7) is 11.3. The number of nitrogens with zero attached hydrogens (tertiary/aromatic N) is 1. The second kappa shape index (κ2) is 7.77. The molecule has 1 N–H and O–H groups in total. The maximum Gasteiger partial charge on any atom is 0.239 e. The molecule has 2 unspecified atom stereocenters. The molecule has 1 saturated carbocycles. The Morgan fingerprint density at radius 1 is 1.20 bits per heavy atom. The number of Topliss-reactive ketones (excluding diaryl/α,β-unsaturated/α-hetero) is 1. The van der Waals surface area contributed by atoms with Gasteiger partial charge in [-0.25, -0.2) is 0 Å². The molecule has 0 aliphatic heterocycles. The molecule has 0 aromatic heterocycles. The van der Waals surface area contributed by atoms with E-state index < -0.39 is 0 Å². The monoisotopic (exact) mass is 282 g/mol. The normalized spacial score (nSPS) is 23.9. The molecule has 1 rings (SSSR count). The molecule has 0 aromatic carbocycles. The quantitative estimate of drug-likeness (QED) is 0.779. The minimum atomic E-state index is -0.181. The van der Waals surface area contributed by atoms with Gasteiger partial charge in [-0.2, -0.15) is 0 Å². The number of carbonyl (C=O) groups is 2. The van der Waals surface area contributed by atoms with Crippen LogP contribution in [-0.2, 0) is 9.59 Å². The zero-order valence-corrected chi connectivity index (χ0v) is 13.6. The fourth-order valence-electron chi connectivity index (χ4n) is 3.16. The zero-order valence-electron chi connectivity index (χ0n) is 13.6. The van der Waals surface area contributed by atoms with Gasteiger partial charge in [-0.05, 0) is 39.5 Å². The van der Waals surface area contributed by atoms with Crippen LogP contribution < -0.4 is 5.32 Å². The molecule has 4 nitrogen and oxygen atoms in total. The molecule has 0 radical (unpaired) electrons. The van der Waals surface area contributed by atoms with E-state index >= 15 is 0 Å². The van der Waals surface area contributed by atoms with Crippen molar-refractivity contribution in [3.8, 4) is 0 Å². The lowest BCUT2D eigenvalue weighted by Crippen LogP contribution is -2.53. The lowest BCUT2D eigenvalue weighted by molar-refractivity contribution is -0.135. The van der Waals surface area contributed by atoms with Crippen molar-refractivity contribution in [2.45, 2.75) is 66.0 Å². The summed E-state index contributed by atoms with van der Waals surface area (Å²) in [5.41, 5.74) is 0. The van der Waals surface area contributed by atoms with Crippen molar-refractivity contribution in [2.75, 3.05) is 13.1 Å². The summed E-state index contributed by atoms with van der Waals surface area (Å²) < 4.78 is 0. The van der Waals surface area contributed by atoms with Gasteiger partial charge in [0, 0.05) is 25.0 Å². The fraction of sp³-hybridized carbons (Fsp3) is 0.875. The van der Waals surface area contributed by atoms with E-state index in [0.29, 0.717) is 0 Å². The molecule has 116 valence electrons. The first-order chi connectivity index (χ1) is 9.42. The van der Waals surface area contributed by atoms with Crippen molar-refractivity contribution in [1.82, 2.24) is 10.2 Å². The first-order valence-electron chi connectivity index (χ1n) is 7.97. The van der Waals surface area contributed by atoms with Gasteiger partial charge in [0.25, 0.3) is 0 Å². The second-order valence-electron chi connectivity index (χ2n) is 6.15. The highest BCUT2D eigenvalue weighted by molar-refractivity contribution is 5.83. The third-order valence-electron chi connectivity index (χ3n) is 4.44. The lowest BCUT2D eigenvalue weighted by Gasteiger charge is -2.32. The molecular formula is C16H30N2O2. The molecule has 1 aliphatic rings. The van der Waals surface area contributed by atoms with Gasteiger partial charge in [0.15, 0.2) is 0 Å². The number of nitrogens with one attached hydrogen (secondary N) is 1. The average Bonchev–Trinajstić information content (AvgIpc) is 2.85. The zero-order chi connectivity index (χ0) is 15.3. The van der Waals surface area contributed by atoms with Crippen molar-refractivity contribution < 1.29 is 9.59 Å². The van der Waals surface area contributed by atoms with E-state index in [9.17, 15) is 9.59 Å². The van der Waals surface area contributed by atoms with Crippen molar-refractivity contribution in [3.05, 3.63) is 0 Å². The van der Waals surface area contributed by atoms with Crippen molar-refractivity contribution in [2.24, 2.45) is 11.8 Å². The van der Waals surface area contributed by atoms with Gasteiger partial charge < -0.3 is 10.2 Å². The molecular weight excluding hydrogens is 252 g/mol. The molecule has 20 heavy (non-hydrogen) atoms. The molecule has 3 atom stereocenters. The Hall–Kier alpha value is -0.900. The smallest absolute Gasteiger partial charge is 0.239 e. The standard InChI is InChI=1S/C16H30N2O2/c1-6-18(7-2)16(20)15(11(3)4)17-14-10-8-9-13(14)12(5)19/h11,13-15,17H,6-10H2,1-5H3/t13?,14?,15-/m0/s1. The lowest BCUT2D eigenvalue weighted by atomic mass is 9.95. The van der Waals surface area contributed by atoms with Crippen molar-refractivity contribution in [3.63, 3.8) is 0 Å². The first kappa shape index (κ1) is 17.2. The highest BCUT2D eigenvalue weighted by Gasteiger charge is 2.35. The highest BCUT2D eigenvalue weighted by Crippen LogP contribution is 2.27. The van der Waals surface area contributed by atoms with Gasteiger partial charge in [-0.15, -0.1) is 0 Å². The van der Waals surface area contributed by atoms with Crippen molar-refractivity contribution >= 4 is 11.7 Å². The number of rotatable bonds is 7. The Balaban J connectivity index is 2.77. The predicted molar refractivity (Wildman–Crippen MR) is 81.5 cm³/mol. The first-order valence-corrected chi connectivity index (χ1v) is 7.97.